The summed E-state index contributed by atoms with van der Waals surface area (Å²) < 4.78 is 23.7. The zero-order valence-corrected chi connectivity index (χ0v) is 10.7. The van der Waals surface area contributed by atoms with Gasteiger partial charge in [0.25, 0.3) is 0 Å². The maximum atomic E-state index is 13.5. The highest BCUT2D eigenvalue weighted by Gasteiger charge is 2.39. The van der Waals surface area contributed by atoms with Crippen LogP contribution in [-0.2, 0) is 4.74 Å². The standard InChI is InChI=1S/C14H17FO3/c1-17-13-5-4-10(8-11(13)15)12(16)9-14(18-2)6-3-7-14/h4-5,8H,3,6-7,9H2,1-2H3. The van der Waals surface area contributed by atoms with Gasteiger partial charge in [0.05, 0.1) is 12.7 Å². The lowest BCUT2D eigenvalue weighted by Crippen LogP contribution is -2.41. The summed E-state index contributed by atoms with van der Waals surface area (Å²) in [5, 5.41) is 0. The number of carbonyl (C=O) groups excluding carboxylic acids is 1. The monoisotopic (exact) mass is 252 g/mol. The summed E-state index contributed by atoms with van der Waals surface area (Å²) >= 11 is 0. The first kappa shape index (κ1) is 13.0. The molecule has 0 saturated heterocycles. The van der Waals surface area contributed by atoms with Crippen LogP contribution in [0.4, 0.5) is 4.39 Å². The fourth-order valence-electron chi connectivity index (χ4n) is 2.26. The molecule has 0 bridgehead atoms. The van der Waals surface area contributed by atoms with Crippen LogP contribution in [0.3, 0.4) is 0 Å². The van der Waals surface area contributed by atoms with Gasteiger partial charge < -0.3 is 9.47 Å². The third kappa shape index (κ3) is 2.38. The lowest BCUT2D eigenvalue weighted by molar-refractivity contribution is -0.0704. The van der Waals surface area contributed by atoms with E-state index in [1.165, 1.54) is 19.2 Å². The molecular weight excluding hydrogens is 235 g/mol. The van der Waals surface area contributed by atoms with Gasteiger partial charge in [0.2, 0.25) is 0 Å². The van der Waals surface area contributed by atoms with E-state index < -0.39 is 5.82 Å². The lowest BCUT2D eigenvalue weighted by Gasteiger charge is -2.40. The summed E-state index contributed by atoms with van der Waals surface area (Å²) in [7, 11) is 3.02. The van der Waals surface area contributed by atoms with Gasteiger partial charge in [-0.2, -0.15) is 0 Å². The maximum Gasteiger partial charge on any atom is 0.165 e. The molecule has 1 aliphatic carbocycles. The van der Waals surface area contributed by atoms with Crippen molar-refractivity contribution in [3.63, 3.8) is 0 Å². The number of Topliss-reactive ketones (excluding diaryl/α,β-unsaturated/α-hetero) is 1. The number of ether oxygens (including phenoxy) is 2. The van der Waals surface area contributed by atoms with E-state index in [0.717, 1.165) is 19.3 Å². The Labute approximate surface area is 106 Å². The van der Waals surface area contributed by atoms with Crippen molar-refractivity contribution >= 4 is 5.78 Å². The predicted molar refractivity (Wildman–Crippen MR) is 65.5 cm³/mol. The van der Waals surface area contributed by atoms with Crippen LogP contribution < -0.4 is 4.74 Å². The van der Waals surface area contributed by atoms with Gasteiger partial charge in [0.1, 0.15) is 0 Å². The van der Waals surface area contributed by atoms with Crippen LogP contribution in [0.25, 0.3) is 0 Å². The summed E-state index contributed by atoms with van der Waals surface area (Å²) in [5.74, 6) is -0.446. The van der Waals surface area contributed by atoms with Gasteiger partial charge in [-0.25, -0.2) is 4.39 Å². The fourth-order valence-corrected chi connectivity index (χ4v) is 2.26. The molecule has 1 saturated carbocycles. The number of carbonyl (C=O) groups is 1. The summed E-state index contributed by atoms with van der Waals surface area (Å²) in [4.78, 5) is 12.1. The molecule has 3 nitrogen and oxygen atoms in total. The molecule has 0 N–H and O–H groups in total. The molecule has 1 aliphatic rings. The van der Waals surface area contributed by atoms with Crippen LogP contribution in [0.2, 0.25) is 0 Å². The Hall–Kier alpha value is -1.42. The van der Waals surface area contributed by atoms with E-state index in [9.17, 15) is 9.18 Å². The smallest absolute Gasteiger partial charge is 0.165 e. The molecule has 0 heterocycles. The van der Waals surface area contributed by atoms with Crippen molar-refractivity contribution in [2.24, 2.45) is 0 Å². The third-order valence-electron chi connectivity index (χ3n) is 3.65. The minimum atomic E-state index is -0.511. The first-order valence-corrected chi connectivity index (χ1v) is 6.02. The second kappa shape index (κ2) is 5.06. The molecule has 0 radical (unpaired) electrons. The number of rotatable bonds is 5. The Morgan fingerprint density at radius 1 is 1.39 bits per heavy atom. The summed E-state index contributed by atoms with van der Waals surface area (Å²) in [6.07, 6.45) is 3.19. The number of halogens is 1. The Kier molecular flexibility index (Phi) is 3.66. The van der Waals surface area contributed by atoms with E-state index in [4.69, 9.17) is 9.47 Å². The molecule has 4 heteroatoms. The molecule has 0 amide bonds. The number of benzene rings is 1. The Balaban J connectivity index is 2.11. The van der Waals surface area contributed by atoms with Crippen molar-refractivity contribution in [3.05, 3.63) is 29.6 Å². The molecule has 98 valence electrons. The maximum absolute atomic E-state index is 13.5. The number of methoxy groups -OCH3 is 2. The molecule has 0 atom stereocenters. The molecular formula is C14H17FO3. The minimum absolute atomic E-state index is 0.0851. The third-order valence-corrected chi connectivity index (χ3v) is 3.65. The summed E-state index contributed by atoms with van der Waals surface area (Å²) in [6.45, 7) is 0. The molecule has 18 heavy (non-hydrogen) atoms. The van der Waals surface area contributed by atoms with Crippen molar-refractivity contribution in [3.8, 4) is 5.75 Å². The van der Waals surface area contributed by atoms with E-state index in [0.29, 0.717) is 12.0 Å². The minimum Gasteiger partial charge on any atom is -0.494 e. The van der Waals surface area contributed by atoms with Gasteiger partial charge in [-0.15, -0.1) is 0 Å². The van der Waals surface area contributed by atoms with Crippen LogP contribution in [-0.4, -0.2) is 25.6 Å². The van der Waals surface area contributed by atoms with Crippen LogP contribution in [0, 0.1) is 5.82 Å². The quantitative estimate of drug-likeness (QED) is 0.756. The largest absolute Gasteiger partial charge is 0.494 e. The topological polar surface area (TPSA) is 35.5 Å². The molecule has 0 aliphatic heterocycles. The molecule has 0 aromatic heterocycles. The number of hydrogen-bond donors (Lipinski definition) is 0. The van der Waals surface area contributed by atoms with Gasteiger partial charge in [0, 0.05) is 19.1 Å². The van der Waals surface area contributed by atoms with Gasteiger partial charge >= 0.3 is 0 Å². The van der Waals surface area contributed by atoms with Gasteiger partial charge in [-0.1, -0.05) is 0 Å². The van der Waals surface area contributed by atoms with Crippen LogP contribution in [0.1, 0.15) is 36.0 Å². The first-order chi connectivity index (χ1) is 8.60. The second-order valence-corrected chi connectivity index (χ2v) is 4.69. The van der Waals surface area contributed by atoms with Gasteiger partial charge in [-0.05, 0) is 37.5 Å². The second-order valence-electron chi connectivity index (χ2n) is 4.69. The van der Waals surface area contributed by atoms with Crippen molar-refractivity contribution in [1.29, 1.82) is 0 Å². The van der Waals surface area contributed by atoms with Crippen LogP contribution >= 0.6 is 0 Å². The molecule has 1 fully saturated rings. The van der Waals surface area contributed by atoms with Gasteiger partial charge in [-0.3, -0.25) is 4.79 Å². The van der Waals surface area contributed by atoms with Crippen LogP contribution in [0.15, 0.2) is 18.2 Å². The Morgan fingerprint density at radius 2 is 2.11 bits per heavy atom. The van der Waals surface area contributed by atoms with E-state index in [2.05, 4.69) is 0 Å². The predicted octanol–water partition coefficient (Wildman–Crippen LogP) is 2.98. The Bertz CT molecular complexity index is 447. The van der Waals surface area contributed by atoms with Crippen molar-refractivity contribution < 1.29 is 18.7 Å². The SMILES string of the molecule is COc1ccc(C(=O)CC2(OC)CCC2)cc1F. The number of ketones is 1. The van der Waals surface area contributed by atoms with E-state index in [1.807, 2.05) is 0 Å². The van der Waals surface area contributed by atoms with E-state index in [1.54, 1.807) is 13.2 Å². The Morgan fingerprint density at radius 3 is 2.56 bits per heavy atom. The highest BCUT2D eigenvalue weighted by atomic mass is 19.1. The fraction of sp³-hybridized carbons (Fsp3) is 0.500. The molecule has 1 aromatic rings. The average molecular weight is 252 g/mol. The van der Waals surface area contributed by atoms with E-state index in [-0.39, 0.29) is 17.1 Å². The number of hydrogen-bond acceptors (Lipinski definition) is 3. The zero-order chi connectivity index (χ0) is 13.2. The summed E-state index contributed by atoms with van der Waals surface area (Å²) in [5.41, 5.74) is 0.0460. The lowest BCUT2D eigenvalue weighted by atomic mass is 9.76. The van der Waals surface area contributed by atoms with Crippen molar-refractivity contribution in [1.82, 2.24) is 0 Å². The van der Waals surface area contributed by atoms with Crippen molar-refractivity contribution in [2.75, 3.05) is 14.2 Å². The highest BCUT2D eigenvalue weighted by molar-refractivity contribution is 5.97. The summed E-state index contributed by atoms with van der Waals surface area (Å²) in [6, 6.07) is 4.29. The first-order valence-electron chi connectivity index (χ1n) is 6.02. The normalized spacial score (nSPS) is 17.1. The molecule has 0 spiro atoms. The molecule has 2 rings (SSSR count). The van der Waals surface area contributed by atoms with Crippen LogP contribution in [0.5, 0.6) is 5.75 Å². The van der Waals surface area contributed by atoms with Gasteiger partial charge in [0.15, 0.2) is 17.3 Å². The molecule has 1 aromatic carbocycles. The highest BCUT2D eigenvalue weighted by Crippen LogP contribution is 2.38. The molecule has 0 unspecified atom stereocenters. The average Bonchev–Trinajstić information content (AvgIpc) is 2.33. The zero-order valence-electron chi connectivity index (χ0n) is 10.7. The van der Waals surface area contributed by atoms with Crippen molar-refractivity contribution in [2.45, 2.75) is 31.3 Å². The van der Waals surface area contributed by atoms with E-state index >= 15 is 0 Å².